The predicted molar refractivity (Wildman–Crippen MR) is 55.2 cm³/mol. The topological polar surface area (TPSA) is 45.4 Å². The number of phenolic OH excluding ortho intramolecular Hbond substituents is 1. The quantitative estimate of drug-likeness (QED) is 0.761. The van der Waals surface area contributed by atoms with Crippen LogP contribution in [0.1, 0.15) is 12.5 Å². The number of phenols is 1. The number of rotatable bonds is 2. The van der Waals surface area contributed by atoms with Gasteiger partial charge in [0, 0.05) is 29.8 Å². The van der Waals surface area contributed by atoms with Gasteiger partial charge < -0.3 is 14.8 Å². The highest BCUT2D eigenvalue weighted by atomic mass is 16.3. The molecule has 3 heteroatoms. The first-order chi connectivity index (χ1) is 6.76. The average molecular weight is 191 g/mol. The van der Waals surface area contributed by atoms with Gasteiger partial charge in [-0.25, -0.2) is 0 Å². The highest BCUT2D eigenvalue weighted by Gasteiger charge is 2.06. The molecule has 0 atom stereocenters. The van der Waals surface area contributed by atoms with E-state index in [4.69, 9.17) is 5.11 Å². The Morgan fingerprint density at radius 3 is 2.79 bits per heavy atom. The fraction of sp³-hybridized carbons (Fsp3) is 0.273. The highest BCUT2D eigenvalue weighted by molar-refractivity contribution is 5.85. The summed E-state index contributed by atoms with van der Waals surface area (Å²) in [6, 6.07) is 5.20. The molecule has 2 rings (SSSR count). The average Bonchev–Trinajstić information content (AvgIpc) is 2.55. The van der Waals surface area contributed by atoms with Gasteiger partial charge >= 0.3 is 0 Å². The molecule has 1 aromatic heterocycles. The Balaban J connectivity index is 2.75. The predicted octanol–water partition coefficient (Wildman–Crippen LogP) is 1.86. The number of nitrogens with zero attached hydrogens (tertiary/aromatic N) is 1. The minimum atomic E-state index is 0.0360. The molecule has 0 aliphatic rings. The third-order valence-corrected chi connectivity index (χ3v) is 2.46. The summed E-state index contributed by atoms with van der Waals surface area (Å²) in [7, 11) is 0. The van der Waals surface area contributed by atoms with Crippen molar-refractivity contribution in [3.05, 3.63) is 30.0 Å². The molecule has 3 nitrogen and oxygen atoms in total. The first-order valence-electron chi connectivity index (χ1n) is 4.68. The highest BCUT2D eigenvalue weighted by Crippen LogP contribution is 2.25. The molecule has 14 heavy (non-hydrogen) atoms. The zero-order valence-electron chi connectivity index (χ0n) is 8.07. The lowest BCUT2D eigenvalue weighted by Crippen LogP contribution is -1.90. The summed E-state index contributed by atoms with van der Waals surface area (Å²) < 4.78 is 2.01. The van der Waals surface area contributed by atoms with Crippen LogP contribution in [0.5, 0.6) is 5.75 Å². The molecule has 0 unspecified atom stereocenters. The second-order valence-corrected chi connectivity index (χ2v) is 3.30. The SMILES string of the molecule is CCn1cc(CO)c2ccc(O)cc21. The van der Waals surface area contributed by atoms with E-state index >= 15 is 0 Å². The van der Waals surface area contributed by atoms with E-state index in [1.165, 1.54) is 0 Å². The van der Waals surface area contributed by atoms with E-state index in [0.29, 0.717) is 0 Å². The fourth-order valence-corrected chi connectivity index (χ4v) is 1.74. The summed E-state index contributed by atoms with van der Waals surface area (Å²) in [6.07, 6.45) is 1.92. The fourth-order valence-electron chi connectivity index (χ4n) is 1.74. The van der Waals surface area contributed by atoms with E-state index in [1.807, 2.05) is 23.8 Å². The van der Waals surface area contributed by atoms with Crippen LogP contribution in [0, 0.1) is 0 Å². The van der Waals surface area contributed by atoms with Gasteiger partial charge in [0.25, 0.3) is 0 Å². The minimum absolute atomic E-state index is 0.0360. The Bertz CT molecular complexity index is 460. The van der Waals surface area contributed by atoms with Crippen molar-refractivity contribution in [2.45, 2.75) is 20.1 Å². The lowest BCUT2D eigenvalue weighted by atomic mass is 10.2. The summed E-state index contributed by atoms with van der Waals surface area (Å²) >= 11 is 0. The van der Waals surface area contributed by atoms with E-state index in [9.17, 15) is 5.11 Å². The molecule has 74 valence electrons. The maximum Gasteiger partial charge on any atom is 0.117 e. The van der Waals surface area contributed by atoms with Gasteiger partial charge in [0.05, 0.1) is 12.1 Å². The van der Waals surface area contributed by atoms with Gasteiger partial charge in [0.2, 0.25) is 0 Å². The van der Waals surface area contributed by atoms with Gasteiger partial charge in [-0.15, -0.1) is 0 Å². The molecule has 0 saturated carbocycles. The number of aryl methyl sites for hydroxylation is 1. The summed E-state index contributed by atoms with van der Waals surface area (Å²) in [4.78, 5) is 0. The number of fused-ring (bicyclic) bond motifs is 1. The molecular formula is C11H13NO2. The maximum absolute atomic E-state index is 9.36. The molecule has 0 radical (unpaired) electrons. The molecule has 1 aromatic carbocycles. The molecule has 0 fully saturated rings. The molecule has 0 bridgehead atoms. The zero-order chi connectivity index (χ0) is 10.1. The van der Waals surface area contributed by atoms with Crippen molar-refractivity contribution in [3.8, 4) is 5.75 Å². The van der Waals surface area contributed by atoms with Crippen LogP contribution in [0.25, 0.3) is 10.9 Å². The molecule has 0 spiro atoms. The normalized spacial score (nSPS) is 11.0. The van der Waals surface area contributed by atoms with E-state index < -0.39 is 0 Å². The van der Waals surface area contributed by atoms with Crippen molar-refractivity contribution in [1.29, 1.82) is 0 Å². The Kier molecular flexibility index (Phi) is 2.17. The Morgan fingerprint density at radius 1 is 1.36 bits per heavy atom. The molecule has 0 aliphatic heterocycles. The molecule has 2 N–H and O–H groups in total. The number of aliphatic hydroxyl groups excluding tert-OH is 1. The third-order valence-electron chi connectivity index (χ3n) is 2.46. The van der Waals surface area contributed by atoms with Gasteiger partial charge in [-0.2, -0.15) is 0 Å². The van der Waals surface area contributed by atoms with Crippen molar-refractivity contribution in [2.75, 3.05) is 0 Å². The van der Waals surface area contributed by atoms with E-state index in [-0.39, 0.29) is 12.4 Å². The first kappa shape index (κ1) is 9.09. The van der Waals surface area contributed by atoms with Crippen LogP contribution >= 0.6 is 0 Å². The smallest absolute Gasteiger partial charge is 0.117 e. The van der Waals surface area contributed by atoms with Crippen molar-refractivity contribution in [2.24, 2.45) is 0 Å². The molecule has 2 aromatic rings. The van der Waals surface area contributed by atoms with Crippen LogP contribution in [-0.2, 0) is 13.2 Å². The monoisotopic (exact) mass is 191 g/mol. The molecule has 0 amide bonds. The van der Waals surface area contributed by atoms with Crippen LogP contribution in [-0.4, -0.2) is 14.8 Å². The molecular weight excluding hydrogens is 178 g/mol. The Hall–Kier alpha value is -1.48. The van der Waals surface area contributed by atoms with Crippen molar-refractivity contribution < 1.29 is 10.2 Å². The van der Waals surface area contributed by atoms with Gasteiger partial charge in [-0.3, -0.25) is 0 Å². The summed E-state index contributed by atoms with van der Waals surface area (Å²) in [6.45, 7) is 2.90. The molecule has 1 heterocycles. The molecule has 0 aliphatic carbocycles. The standard InChI is InChI=1S/C11H13NO2/c1-2-12-6-8(7-13)10-4-3-9(14)5-11(10)12/h3-6,13-14H,2,7H2,1H3. The zero-order valence-corrected chi connectivity index (χ0v) is 8.07. The molecule has 0 saturated heterocycles. The van der Waals surface area contributed by atoms with Gasteiger partial charge in [-0.05, 0) is 19.1 Å². The van der Waals surface area contributed by atoms with E-state index in [0.717, 1.165) is 23.0 Å². The lowest BCUT2D eigenvalue weighted by molar-refractivity contribution is 0.283. The first-order valence-corrected chi connectivity index (χ1v) is 4.68. The van der Waals surface area contributed by atoms with Crippen LogP contribution < -0.4 is 0 Å². The maximum atomic E-state index is 9.36. The third kappa shape index (κ3) is 1.26. The second kappa shape index (κ2) is 3.35. The number of aromatic hydroxyl groups is 1. The van der Waals surface area contributed by atoms with Crippen molar-refractivity contribution >= 4 is 10.9 Å². The Morgan fingerprint density at radius 2 is 2.14 bits per heavy atom. The number of aliphatic hydroxyl groups is 1. The van der Waals surface area contributed by atoms with E-state index in [2.05, 4.69) is 0 Å². The Labute approximate surface area is 82.2 Å². The minimum Gasteiger partial charge on any atom is -0.508 e. The van der Waals surface area contributed by atoms with Crippen LogP contribution in [0.15, 0.2) is 24.4 Å². The summed E-state index contributed by atoms with van der Waals surface area (Å²) in [5.74, 6) is 0.259. The van der Waals surface area contributed by atoms with E-state index in [1.54, 1.807) is 12.1 Å². The van der Waals surface area contributed by atoms with Crippen LogP contribution in [0.3, 0.4) is 0 Å². The van der Waals surface area contributed by atoms with Crippen molar-refractivity contribution in [3.63, 3.8) is 0 Å². The number of aromatic nitrogens is 1. The summed E-state index contributed by atoms with van der Waals surface area (Å²) in [5.41, 5.74) is 1.87. The largest absolute Gasteiger partial charge is 0.508 e. The van der Waals surface area contributed by atoms with Crippen LogP contribution in [0.2, 0.25) is 0 Å². The van der Waals surface area contributed by atoms with Gasteiger partial charge in [0.1, 0.15) is 5.75 Å². The van der Waals surface area contributed by atoms with Gasteiger partial charge in [0.15, 0.2) is 0 Å². The van der Waals surface area contributed by atoms with Gasteiger partial charge in [-0.1, -0.05) is 0 Å². The van der Waals surface area contributed by atoms with Crippen molar-refractivity contribution in [1.82, 2.24) is 4.57 Å². The lowest BCUT2D eigenvalue weighted by Gasteiger charge is -1.99. The second-order valence-electron chi connectivity index (χ2n) is 3.30. The van der Waals surface area contributed by atoms with Crippen LogP contribution in [0.4, 0.5) is 0 Å². The number of hydrogen-bond acceptors (Lipinski definition) is 2. The number of benzene rings is 1. The number of hydrogen-bond donors (Lipinski definition) is 2. The summed E-state index contributed by atoms with van der Waals surface area (Å²) in [5, 5.41) is 19.5.